The first-order chi connectivity index (χ1) is 22.4. The highest BCUT2D eigenvalue weighted by molar-refractivity contribution is 5.81. The smallest absolute Gasteiger partial charge is 0.330 e. The highest BCUT2D eigenvalue weighted by atomic mass is 19.1. The monoisotopic (exact) mass is 619 g/mol. The number of hydrogen-bond acceptors (Lipinski definition) is 9. The Kier molecular flexibility index (Phi) is 13.0. The molecule has 0 N–H and O–H groups in total. The number of unbranched alkanes of at least 4 members (excludes halogenated alkanes) is 3. The Morgan fingerprint density at radius 3 is 1.83 bits per heavy atom. The van der Waals surface area contributed by atoms with Gasteiger partial charge in [-0.3, -0.25) is 0 Å². The first-order valence-electron chi connectivity index (χ1n) is 15.3. The molecule has 4 rings (SSSR count). The average molecular weight is 620 g/mol. The molecule has 0 aromatic heterocycles. The minimum absolute atomic E-state index is 0.0858. The number of carbonyl (C=O) groups is 1. The number of anilines is 1. The molecule has 0 aliphatic carbocycles. The van der Waals surface area contributed by atoms with Gasteiger partial charge in [0.05, 0.1) is 35.0 Å². The average Bonchev–Trinajstić information content (AvgIpc) is 3.09. The van der Waals surface area contributed by atoms with Crippen LogP contribution in [-0.4, -0.2) is 26.2 Å². The topological polar surface area (TPSA) is 104 Å². The number of rotatable bonds is 16. The van der Waals surface area contributed by atoms with Gasteiger partial charge in [-0.2, -0.15) is 25.6 Å². The standard InChI is InChI=1S/C36H38FN7O2/c1-4-6-7-8-9-27-10-12-28(13-11-27)38-39-29-14-16-30(17-15-29)41-43-35-23-20-32(26-34(35)37)42-40-31-18-21-33(22-19-31)44(3)24-25-46-36(45)5-2/h5,10-23,26H,2,4,6-9,24-25H2,1,3H3. The molecule has 46 heavy (non-hydrogen) atoms. The van der Waals surface area contributed by atoms with Gasteiger partial charge in [0, 0.05) is 24.9 Å². The maximum absolute atomic E-state index is 14.7. The SMILES string of the molecule is C=CC(=O)OCCN(C)c1ccc(N=Nc2ccc(N=Nc3ccc(N=Nc4ccc(CCCCCC)cc4)cc3)c(F)c2)cc1. The number of esters is 1. The Balaban J connectivity index is 1.27. The van der Waals surface area contributed by atoms with Crippen LogP contribution in [0.4, 0.5) is 44.2 Å². The van der Waals surface area contributed by atoms with Gasteiger partial charge in [-0.15, -0.1) is 5.11 Å². The van der Waals surface area contributed by atoms with Crippen molar-refractivity contribution < 1.29 is 13.9 Å². The van der Waals surface area contributed by atoms with E-state index in [9.17, 15) is 9.18 Å². The first-order valence-corrected chi connectivity index (χ1v) is 15.3. The fraction of sp³-hybridized carbons (Fsp3) is 0.250. The second-order valence-corrected chi connectivity index (χ2v) is 10.5. The Hall–Kier alpha value is -5.38. The molecular formula is C36H38FN7O2. The summed E-state index contributed by atoms with van der Waals surface area (Å²) in [5, 5.41) is 25.1. The van der Waals surface area contributed by atoms with E-state index in [0.717, 1.165) is 23.9 Å². The molecule has 10 heteroatoms. The summed E-state index contributed by atoms with van der Waals surface area (Å²) in [7, 11) is 1.89. The van der Waals surface area contributed by atoms with E-state index < -0.39 is 11.8 Å². The third-order valence-corrected chi connectivity index (χ3v) is 7.00. The molecule has 0 heterocycles. The maximum Gasteiger partial charge on any atom is 0.330 e. The van der Waals surface area contributed by atoms with Gasteiger partial charge in [0.25, 0.3) is 0 Å². The first kappa shape index (κ1) is 33.5. The van der Waals surface area contributed by atoms with E-state index in [1.165, 1.54) is 43.4 Å². The van der Waals surface area contributed by atoms with Crippen molar-refractivity contribution in [2.75, 3.05) is 25.1 Å². The quantitative estimate of drug-likeness (QED) is 0.0539. The molecule has 236 valence electrons. The normalized spacial score (nSPS) is 11.5. The molecule has 0 saturated heterocycles. The molecule has 4 aromatic rings. The Morgan fingerprint density at radius 1 is 0.739 bits per heavy atom. The number of carbonyl (C=O) groups excluding carboxylic acids is 1. The van der Waals surface area contributed by atoms with E-state index in [4.69, 9.17) is 4.74 Å². The van der Waals surface area contributed by atoms with Crippen molar-refractivity contribution in [3.8, 4) is 0 Å². The van der Waals surface area contributed by atoms with Gasteiger partial charge < -0.3 is 9.64 Å². The minimum atomic E-state index is -0.563. The lowest BCUT2D eigenvalue weighted by molar-refractivity contribution is -0.137. The van der Waals surface area contributed by atoms with Gasteiger partial charge >= 0.3 is 5.97 Å². The van der Waals surface area contributed by atoms with Crippen molar-refractivity contribution in [1.82, 2.24) is 0 Å². The lowest BCUT2D eigenvalue weighted by Gasteiger charge is -2.18. The summed E-state index contributed by atoms with van der Waals surface area (Å²) in [4.78, 5) is 13.1. The Labute approximate surface area is 269 Å². The van der Waals surface area contributed by atoms with Crippen molar-refractivity contribution in [1.29, 1.82) is 0 Å². The summed E-state index contributed by atoms with van der Waals surface area (Å²) in [6.07, 6.45) is 7.21. The number of hydrogen-bond donors (Lipinski definition) is 0. The zero-order chi connectivity index (χ0) is 32.6. The number of benzene rings is 4. The number of azo groups is 3. The Morgan fingerprint density at radius 2 is 1.26 bits per heavy atom. The highest BCUT2D eigenvalue weighted by Crippen LogP contribution is 2.28. The molecule has 0 radical (unpaired) electrons. The zero-order valence-corrected chi connectivity index (χ0v) is 26.2. The number of halogens is 1. The van der Waals surface area contributed by atoms with Crippen LogP contribution in [0, 0.1) is 5.82 Å². The summed E-state index contributed by atoms with van der Waals surface area (Å²) in [5.74, 6) is -1.02. The lowest BCUT2D eigenvalue weighted by Crippen LogP contribution is -2.23. The van der Waals surface area contributed by atoms with Gasteiger partial charge in [0.2, 0.25) is 0 Å². The number of nitrogens with zero attached hydrogens (tertiary/aromatic N) is 7. The van der Waals surface area contributed by atoms with Crippen LogP contribution in [0.3, 0.4) is 0 Å². The van der Waals surface area contributed by atoms with Crippen molar-refractivity contribution in [3.05, 3.63) is 115 Å². The van der Waals surface area contributed by atoms with Crippen molar-refractivity contribution >= 4 is 45.8 Å². The van der Waals surface area contributed by atoms with E-state index >= 15 is 0 Å². The van der Waals surface area contributed by atoms with Crippen LogP contribution < -0.4 is 4.90 Å². The van der Waals surface area contributed by atoms with Crippen molar-refractivity contribution in [2.24, 2.45) is 30.7 Å². The molecule has 0 aliphatic heterocycles. The summed E-state index contributed by atoms with van der Waals surface area (Å²) < 4.78 is 19.7. The van der Waals surface area contributed by atoms with Gasteiger partial charge in [0.1, 0.15) is 12.3 Å². The predicted molar refractivity (Wildman–Crippen MR) is 181 cm³/mol. The predicted octanol–water partition coefficient (Wildman–Crippen LogP) is 11.4. The second-order valence-electron chi connectivity index (χ2n) is 10.5. The van der Waals surface area contributed by atoms with E-state index in [1.807, 2.05) is 36.2 Å². The Bertz CT molecular complexity index is 1650. The fourth-order valence-corrected chi connectivity index (χ4v) is 4.30. The maximum atomic E-state index is 14.7. The largest absolute Gasteiger partial charge is 0.461 e. The number of aryl methyl sites for hydroxylation is 1. The van der Waals surface area contributed by atoms with E-state index in [-0.39, 0.29) is 12.3 Å². The van der Waals surface area contributed by atoms with Crippen LogP contribution in [-0.2, 0) is 16.0 Å². The van der Waals surface area contributed by atoms with Gasteiger partial charge in [0.15, 0.2) is 5.82 Å². The molecule has 0 atom stereocenters. The molecule has 0 fully saturated rings. The molecule has 9 nitrogen and oxygen atoms in total. The highest BCUT2D eigenvalue weighted by Gasteiger charge is 2.05. The molecular weight excluding hydrogens is 581 g/mol. The molecule has 0 aliphatic rings. The molecule has 0 bridgehead atoms. The van der Waals surface area contributed by atoms with Gasteiger partial charge in [-0.25, -0.2) is 9.18 Å². The van der Waals surface area contributed by atoms with E-state index in [1.54, 1.807) is 42.5 Å². The lowest BCUT2D eigenvalue weighted by atomic mass is 10.1. The molecule has 0 spiro atoms. The van der Waals surface area contributed by atoms with E-state index in [2.05, 4.69) is 56.3 Å². The molecule has 0 amide bonds. The summed E-state index contributed by atoms with van der Waals surface area (Å²) in [6, 6.07) is 27.0. The summed E-state index contributed by atoms with van der Waals surface area (Å²) in [6.45, 7) is 6.36. The summed E-state index contributed by atoms with van der Waals surface area (Å²) in [5.41, 5.74) is 5.30. The minimum Gasteiger partial charge on any atom is -0.461 e. The molecule has 0 unspecified atom stereocenters. The van der Waals surface area contributed by atoms with Crippen LogP contribution in [0.5, 0.6) is 0 Å². The van der Waals surface area contributed by atoms with E-state index in [0.29, 0.717) is 29.3 Å². The molecule has 0 saturated carbocycles. The number of ether oxygens (including phenoxy) is 1. The van der Waals surface area contributed by atoms with Crippen LogP contribution in [0.1, 0.15) is 38.2 Å². The third kappa shape index (κ3) is 11.0. The van der Waals surface area contributed by atoms with Crippen LogP contribution in [0.15, 0.2) is 134 Å². The number of likely N-dealkylation sites (N-methyl/N-ethyl adjacent to an activating group) is 1. The molecule has 4 aromatic carbocycles. The second kappa shape index (κ2) is 17.8. The van der Waals surface area contributed by atoms with Crippen LogP contribution >= 0.6 is 0 Å². The van der Waals surface area contributed by atoms with Gasteiger partial charge in [-0.1, -0.05) is 44.9 Å². The van der Waals surface area contributed by atoms with Crippen LogP contribution in [0.2, 0.25) is 0 Å². The van der Waals surface area contributed by atoms with Crippen molar-refractivity contribution in [2.45, 2.75) is 39.0 Å². The van der Waals surface area contributed by atoms with Crippen molar-refractivity contribution in [3.63, 3.8) is 0 Å². The summed E-state index contributed by atoms with van der Waals surface area (Å²) >= 11 is 0. The van der Waals surface area contributed by atoms with Crippen LogP contribution in [0.25, 0.3) is 0 Å². The zero-order valence-electron chi connectivity index (χ0n) is 26.2. The third-order valence-electron chi connectivity index (χ3n) is 7.00. The fourth-order valence-electron chi connectivity index (χ4n) is 4.30. The van der Waals surface area contributed by atoms with Gasteiger partial charge in [-0.05, 0) is 91.2 Å².